The highest BCUT2D eigenvalue weighted by Crippen LogP contribution is 2.36. The predicted molar refractivity (Wildman–Crippen MR) is 91.5 cm³/mol. The lowest BCUT2D eigenvalue weighted by molar-refractivity contribution is -0.117. The maximum atomic E-state index is 14.3. The number of nitrogens with zero attached hydrogens (tertiary/aromatic N) is 1. The number of amides is 3. The standard InChI is InChI=1S/C15H12F2N4O5S/c16-9-3-1-2-4-11(9)19-15(24)18-8-5-10(17)14(12(22)6-8)21-7-13(23)20-27(21,25)26/h1-6,22H,7H2,(H,20,23)(H2,18,19,24). The lowest BCUT2D eigenvalue weighted by Gasteiger charge is -2.18. The van der Waals surface area contributed by atoms with E-state index in [0.29, 0.717) is 4.31 Å². The third-order valence-electron chi connectivity index (χ3n) is 3.49. The van der Waals surface area contributed by atoms with Gasteiger partial charge in [-0.2, -0.15) is 8.42 Å². The minimum atomic E-state index is -4.32. The van der Waals surface area contributed by atoms with E-state index in [-0.39, 0.29) is 11.4 Å². The summed E-state index contributed by atoms with van der Waals surface area (Å²) in [6, 6.07) is 6.06. The summed E-state index contributed by atoms with van der Waals surface area (Å²) in [6.07, 6.45) is 0. The number of hydrogen-bond donors (Lipinski definition) is 4. The molecule has 0 spiro atoms. The summed E-state index contributed by atoms with van der Waals surface area (Å²) >= 11 is 0. The van der Waals surface area contributed by atoms with Crippen LogP contribution in [0, 0.1) is 11.6 Å². The van der Waals surface area contributed by atoms with Gasteiger partial charge in [0.15, 0.2) is 5.82 Å². The maximum Gasteiger partial charge on any atom is 0.326 e. The Hall–Kier alpha value is -3.41. The van der Waals surface area contributed by atoms with E-state index in [9.17, 15) is 31.9 Å². The Balaban J connectivity index is 1.82. The van der Waals surface area contributed by atoms with Crippen LogP contribution in [0.15, 0.2) is 36.4 Å². The number of hydrogen-bond acceptors (Lipinski definition) is 5. The lowest BCUT2D eigenvalue weighted by Crippen LogP contribution is -2.30. The van der Waals surface area contributed by atoms with Crippen LogP contribution in [0.4, 0.5) is 30.6 Å². The Morgan fingerprint density at radius 1 is 1.15 bits per heavy atom. The summed E-state index contributed by atoms with van der Waals surface area (Å²) in [5, 5.41) is 14.4. The molecule has 3 rings (SSSR count). The van der Waals surface area contributed by atoms with Crippen LogP contribution in [0.2, 0.25) is 0 Å². The van der Waals surface area contributed by atoms with Gasteiger partial charge in [-0.25, -0.2) is 22.6 Å². The third-order valence-corrected chi connectivity index (χ3v) is 4.87. The number of anilines is 3. The van der Waals surface area contributed by atoms with Gasteiger partial charge >= 0.3 is 16.2 Å². The van der Waals surface area contributed by atoms with Gasteiger partial charge in [-0.15, -0.1) is 0 Å². The summed E-state index contributed by atoms with van der Waals surface area (Å²) in [6.45, 7) is -0.701. The van der Waals surface area contributed by atoms with Crippen molar-refractivity contribution >= 4 is 39.2 Å². The number of nitrogens with one attached hydrogen (secondary N) is 3. The zero-order valence-electron chi connectivity index (χ0n) is 13.4. The number of carbonyl (C=O) groups excluding carboxylic acids is 2. The number of rotatable bonds is 3. The van der Waals surface area contributed by atoms with E-state index in [0.717, 1.165) is 18.2 Å². The first-order chi connectivity index (χ1) is 12.7. The van der Waals surface area contributed by atoms with Crippen molar-refractivity contribution in [3.63, 3.8) is 0 Å². The molecule has 0 atom stereocenters. The Morgan fingerprint density at radius 3 is 2.44 bits per heavy atom. The predicted octanol–water partition coefficient (Wildman–Crippen LogP) is 1.50. The van der Waals surface area contributed by atoms with Gasteiger partial charge in [0.25, 0.3) is 5.91 Å². The molecule has 0 unspecified atom stereocenters. The lowest BCUT2D eigenvalue weighted by atomic mass is 10.2. The Morgan fingerprint density at radius 2 is 1.85 bits per heavy atom. The SMILES string of the molecule is O=C1CN(c2c(O)cc(NC(=O)Nc3ccccc3F)cc2F)S(=O)(=O)N1. The van der Waals surface area contributed by atoms with Crippen molar-refractivity contribution in [2.24, 2.45) is 0 Å². The summed E-state index contributed by atoms with van der Waals surface area (Å²) in [5.41, 5.74) is -1.09. The number of para-hydroxylation sites is 1. The zero-order chi connectivity index (χ0) is 19.8. The molecule has 2 aromatic rings. The van der Waals surface area contributed by atoms with E-state index in [2.05, 4.69) is 10.6 Å². The van der Waals surface area contributed by atoms with Crippen molar-refractivity contribution < 1.29 is 31.9 Å². The largest absolute Gasteiger partial charge is 0.506 e. The number of benzene rings is 2. The smallest absolute Gasteiger partial charge is 0.326 e. The van der Waals surface area contributed by atoms with Crippen LogP contribution in [0.5, 0.6) is 5.75 Å². The number of halogens is 2. The number of aromatic hydroxyl groups is 1. The second-order valence-corrected chi connectivity index (χ2v) is 7.02. The molecule has 9 nitrogen and oxygen atoms in total. The van der Waals surface area contributed by atoms with Crippen LogP contribution in [0.3, 0.4) is 0 Å². The van der Waals surface area contributed by atoms with E-state index < -0.39 is 51.8 Å². The molecule has 3 amide bonds. The minimum Gasteiger partial charge on any atom is -0.506 e. The molecule has 1 saturated heterocycles. The Labute approximate surface area is 151 Å². The number of urea groups is 1. The van der Waals surface area contributed by atoms with Gasteiger partial charge in [0.2, 0.25) is 0 Å². The number of phenols is 1. The van der Waals surface area contributed by atoms with Crippen molar-refractivity contribution in [2.75, 3.05) is 21.5 Å². The van der Waals surface area contributed by atoms with E-state index in [1.165, 1.54) is 18.2 Å². The molecule has 1 fully saturated rings. The number of phenolic OH excluding ortho intramolecular Hbond substituents is 1. The molecule has 0 radical (unpaired) electrons. The first-order valence-corrected chi connectivity index (χ1v) is 8.80. The van der Waals surface area contributed by atoms with Crippen molar-refractivity contribution in [3.05, 3.63) is 48.0 Å². The summed E-state index contributed by atoms with van der Waals surface area (Å²) in [4.78, 5) is 23.1. The Kier molecular flexibility index (Phi) is 4.57. The molecule has 142 valence electrons. The maximum absolute atomic E-state index is 14.3. The first-order valence-electron chi connectivity index (χ1n) is 7.36. The van der Waals surface area contributed by atoms with Gasteiger partial charge in [0.05, 0.1) is 5.69 Å². The molecule has 0 aromatic heterocycles. The van der Waals surface area contributed by atoms with Crippen LogP contribution < -0.4 is 19.7 Å². The second kappa shape index (κ2) is 6.72. The van der Waals surface area contributed by atoms with E-state index >= 15 is 0 Å². The highest BCUT2D eigenvalue weighted by atomic mass is 32.2. The molecular weight excluding hydrogens is 386 g/mol. The fraction of sp³-hybridized carbons (Fsp3) is 0.0667. The zero-order valence-corrected chi connectivity index (χ0v) is 14.2. The molecular formula is C15H12F2N4O5S. The second-order valence-electron chi connectivity index (χ2n) is 5.42. The van der Waals surface area contributed by atoms with Crippen LogP contribution in [0.1, 0.15) is 0 Å². The molecule has 1 aliphatic rings. The average molecular weight is 398 g/mol. The summed E-state index contributed by atoms with van der Waals surface area (Å²) < 4.78 is 53.4. The molecule has 27 heavy (non-hydrogen) atoms. The van der Waals surface area contributed by atoms with Crippen molar-refractivity contribution in [3.8, 4) is 5.75 Å². The highest BCUT2D eigenvalue weighted by molar-refractivity contribution is 7.92. The van der Waals surface area contributed by atoms with Crippen molar-refractivity contribution in [1.29, 1.82) is 0 Å². The molecule has 0 saturated carbocycles. The summed E-state index contributed by atoms with van der Waals surface area (Å²) in [5.74, 6) is -3.60. The third kappa shape index (κ3) is 3.74. The van der Waals surface area contributed by atoms with Gasteiger partial charge in [-0.05, 0) is 18.2 Å². The molecule has 12 heteroatoms. The highest BCUT2D eigenvalue weighted by Gasteiger charge is 2.37. The van der Waals surface area contributed by atoms with E-state index in [1.54, 1.807) is 4.72 Å². The normalized spacial score (nSPS) is 15.3. The van der Waals surface area contributed by atoms with Crippen LogP contribution in [0.25, 0.3) is 0 Å². The fourth-order valence-electron chi connectivity index (χ4n) is 2.40. The molecule has 0 aliphatic carbocycles. The monoisotopic (exact) mass is 398 g/mol. The fourth-order valence-corrected chi connectivity index (χ4v) is 3.57. The molecule has 0 bridgehead atoms. The van der Waals surface area contributed by atoms with Crippen LogP contribution in [-0.2, 0) is 15.0 Å². The topological polar surface area (TPSA) is 128 Å². The van der Waals surface area contributed by atoms with Crippen LogP contribution >= 0.6 is 0 Å². The minimum absolute atomic E-state index is 0.121. The first kappa shape index (κ1) is 18.4. The molecule has 4 N–H and O–H groups in total. The van der Waals surface area contributed by atoms with Gasteiger partial charge in [0.1, 0.15) is 23.8 Å². The van der Waals surface area contributed by atoms with Crippen LogP contribution in [-0.4, -0.2) is 32.0 Å². The van der Waals surface area contributed by atoms with Crippen molar-refractivity contribution in [1.82, 2.24) is 4.72 Å². The average Bonchev–Trinajstić information content (AvgIpc) is 2.81. The number of carbonyl (C=O) groups is 2. The van der Waals surface area contributed by atoms with Gasteiger partial charge in [0, 0.05) is 11.8 Å². The quantitative estimate of drug-likeness (QED) is 0.623. The molecule has 1 heterocycles. The van der Waals surface area contributed by atoms with Gasteiger partial charge < -0.3 is 15.7 Å². The molecule has 2 aromatic carbocycles. The molecule has 1 aliphatic heterocycles. The Bertz CT molecular complexity index is 1020. The van der Waals surface area contributed by atoms with E-state index in [4.69, 9.17) is 0 Å². The van der Waals surface area contributed by atoms with Crippen molar-refractivity contribution in [2.45, 2.75) is 0 Å². The van der Waals surface area contributed by atoms with Gasteiger partial charge in [-0.3, -0.25) is 4.79 Å². The summed E-state index contributed by atoms with van der Waals surface area (Å²) in [7, 11) is -4.32. The van der Waals surface area contributed by atoms with Gasteiger partial charge in [-0.1, -0.05) is 12.1 Å². The van der Waals surface area contributed by atoms with E-state index in [1.807, 2.05) is 0 Å².